The summed E-state index contributed by atoms with van der Waals surface area (Å²) in [6.45, 7) is 5.08. The molecule has 2 heterocycles. The number of rotatable bonds is 6. The van der Waals surface area contributed by atoms with Crippen LogP contribution in [0.15, 0.2) is 12.4 Å². The Morgan fingerprint density at radius 2 is 2.05 bits per heavy atom. The number of nitrogens with zero attached hydrogens (tertiary/aromatic N) is 4. The van der Waals surface area contributed by atoms with E-state index in [-0.39, 0.29) is 12.0 Å². The summed E-state index contributed by atoms with van der Waals surface area (Å²) in [5.41, 5.74) is 1.13. The summed E-state index contributed by atoms with van der Waals surface area (Å²) in [6, 6.07) is 0. The maximum atomic E-state index is 9.88. The average molecular weight is 292 g/mol. The van der Waals surface area contributed by atoms with Crippen LogP contribution in [-0.2, 0) is 6.42 Å². The molecule has 0 aromatic carbocycles. The van der Waals surface area contributed by atoms with Gasteiger partial charge in [-0.25, -0.2) is 9.97 Å². The number of aryl methyl sites for hydroxylation is 1. The van der Waals surface area contributed by atoms with E-state index in [1.54, 1.807) is 0 Å². The largest absolute Gasteiger partial charge is 0.396 e. The zero-order valence-corrected chi connectivity index (χ0v) is 13.5. The van der Waals surface area contributed by atoms with E-state index in [4.69, 9.17) is 0 Å². The highest BCUT2D eigenvalue weighted by atomic mass is 16.3. The van der Waals surface area contributed by atoms with Gasteiger partial charge in [0.2, 0.25) is 5.95 Å². The SMILES string of the molecule is CCCc1cnc(N2CCC[C@@](CO)(CN(C)C)C2)nc1. The van der Waals surface area contributed by atoms with E-state index in [9.17, 15) is 5.11 Å². The highest BCUT2D eigenvalue weighted by Crippen LogP contribution is 2.31. The Hall–Kier alpha value is -1.20. The van der Waals surface area contributed by atoms with Crippen LogP contribution in [0.25, 0.3) is 0 Å². The maximum absolute atomic E-state index is 9.88. The third kappa shape index (κ3) is 4.14. The summed E-state index contributed by atoms with van der Waals surface area (Å²) in [5.74, 6) is 0.797. The van der Waals surface area contributed by atoms with Crippen molar-refractivity contribution in [3.05, 3.63) is 18.0 Å². The second-order valence-electron chi connectivity index (χ2n) is 6.56. The molecule has 0 amide bonds. The van der Waals surface area contributed by atoms with E-state index < -0.39 is 0 Å². The molecule has 2 rings (SSSR count). The third-order valence-corrected chi connectivity index (χ3v) is 4.16. The van der Waals surface area contributed by atoms with Gasteiger partial charge in [-0.15, -0.1) is 0 Å². The van der Waals surface area contributed by atoms with Gasteiger partial charge in [-0.1, -0.05) is 13.3 Å². The number of aliphatic hydroxyl groups excluding tert-OH is 1. The molecule has 5 nitrogen and oxygen atoms in total. The first-order valence-electron chi connectivity index (χ1n) is 7.90. The van der Waals surface area contributed by atoms with Crippen LogP contribution < -0.4 is 4.90 Å². The smallest absolute Gasteiger partial charge is 0.225 e. The lowest BCUT2D eigenvalue weighted by molar-refractivity contribution is 0.0758. The predicted octanol–water partition coefficient (Wildman–Crippen LogP) is 1.57. The number of hydrogen-bond acceptors (Lipinski definition) is 5. The first-order chi connectivity index (χ1) is 10.1. The van der Waals surface area contributed by atoms with E-state index in [1.165, 1.54) is 5.56 Å². The topological polar surface area (TPSA) is 52.5 Å². The molecule has 0 radical (unpaired) electrons. The van der Waals surface area contributed by atoms with Crippen LogP contribution in [0.2, 0.25) is 0 Å². The van der Waals surface area contributed by atoms with Crippen LogP contribution in [0.4, 0.5) is 5.95 Å². The summed E-state index contributed by atoms with van der Waals surface area (Å²) >= 11 is 0. The van der Waals surface area contributed by atoms with E-state index in [1.807, 2.05) is 12.4 Å². The first-order valence-corrected chi connectivity index (χ1v) is 7.90. The summed E-state index contributed by atoms with van der Waals surface area (Å²) in [7, 11) is 4.12. The quantitative estimate of drug-likeness (QED) is 0.862. The van der Waals surface area contributed by atoms with Crippen molar-refractivity contribution < 1.29 is 5.11 Å². The summed E-state index contributed by atoms with van der Waals surface area (Å²) in [4.78, 5) is 13.4. The Labute approximate surface area is 128 Å². The van der Waals surface area contributed by atoms with Crippen molar-refractivity contribution in [1.82, 2.24) is 14.9 Å². The van der Waals surface area contributed by atoms with Crippen LogP contribution >= 0.6 is 0 Å². The van der Waals surface area contributed by atoms with Crippen LogP contribution in [0.3, 0.4) is 0 Å². The second-order valence-corrected chi connectivity index (χ2v) is 6.56. The second kappa shape index (κ2) is 7.18. The average Bonchev–Trinajstić information content (AvgIpc) is 2.48. The highest BCUT2D eigenvalue weighted by molar-refractivity contribution is 5.31. The first kappa shape index (κ1) is 16.2. The molecule has 21 heavy (non-hydrogen) atoms. The van der Waals surface area contributed by atoms with Crippen molar-refractivity contribution in [2.24, 2.45) is 5.41 Å². The minimum Gasteiger partial charge on any atom is -0.396 e. The number of aromatic nitrogens is 2. The van der Waals surface area contributed by atoms with E-state index >= 15 is 0 Å². The van der Waals surface area contributed by atoms with Crippen LogP contribution in [0, 0.1) is 5.41 Å². The van der Waals surface area contributed by atoms with Crippen molar-refractivity contribution in [2.75, 3.05) is 45.2 Å². The molecule has 118 valence electrons. The summed E-state index contributed by atoms with van der Waals surface area (Å²) in [5, 5.41) is 9.88. The molecule has 1 aliphatic rings. The lowest BCUT2D eigenvalue weighted by atomic mass is 9.80. The highest BCUT2D eigenvalue weighted by Gasteiger charge is 2.36. The molecule has 1 atom stereocenters. The van der Waals surface area contributed by atoms with E-state index in [0.29, 0.717) is 0 Å². The van der Waals surface area contributed by atoms with Crippen molar-refractivity contribution >= 4 is 5.95 Å². The predicted molar refractivity (Wildman–Crippen MR) is 85.5 cm³/mol. The fraction of sp³-hybridized carbons (Fsp3) is 0.750. The molecule has 0 aliphatic carbocycles. The Balaban J connectivity index is 2.09. The molecule has 5 heteroatoms. The molecule has 0 spiro atoms. The van der Waals surface area contributed by atoms with Gasteiger partial charge in [-0.3, -0.25) is 0 Å². The van der Waals surface area contributed by atoms with Crippen LogP contribution in [-0.4, -0.2) is 60.3 Å². The maximum Gasteiger partial charge on any atom is 0.225 e. The van der Waals surface area contributed by atoms with Crippen molar-refractivity contribution in [3.63, 3.8) is 0 Å². The number of aliphatic hydroxyl groups is 1. The molecule has 0 saturated carbocycles. The Kier molecular flexibility index (Phi) is 5.53. The summed E-state index contributed by atoms with van der Waals surface area (Å²) in [6.07, 6.45) is 8.16. The van der Waals surface area contributed by atoms with E-state index in [2.05, 4.69) is 40.8 Å². The van der Waals surface area contributed by atoms with Gasteiger partial charge in [0, 0.05) is 37.4 Å². The molecule has 1 N–H and O–H groups in total. The zero-order valence-electron chi connectivity index (χ0n) is 13.5. The standard InChI is InChI=1S/C16H28N4O/c1-4-6-14-9-17-15(18-10-14)20-8-5-7-16(12-20,13-21)11-19(2)3/h9-10,21H,4-8,11-13H2,1-3H3/t16-/m1/s1. The van der Waals surface area contributed by atoms with Crippen molar-refractivity contribution in [1.29, 1.82) is 0 Å². The fourth-order valence-corrected chi connectivity index (χ4v) is 3.29. The summed E-state index contributed by atoms with van der Waals surface area (Å²) < 4.78 is 0. The van der Waals surface area contributed by atoms with Gasteiger partial charge < -0.3 is 14.9 Å². The van der Waals surface area contributed by atoms with Gasteiger partial charge in [0.25, 0.3) is 0 Å². The van der Waals surface area contributed by atoms with Gasteiger partial charge >= 0.3 is 0 Å². The molecule has 1 fully saturated rings. The Morgan fingerprint density at radius 1 is 1.33 bits per heavy atom. The monoisotopic (exact) mass is 292 g/mol. The minimum atomic E-state index is -0.0623. The third-order valence-electron chi connectivity index (χ3n) is 4.16. The van der Waals surface area contributed by atoms with Crippen LogP contribution in [0.1, 0.15) is 31.7 Å². The zero-order chi connectivity index (χ0) is 15.3. The van der Waals surface area contributed by atoms with Gasteiger partial charge in [-0.2, -0.15) is 0 Å². The molecule has 1 saturated heterocycles. The van der Waals surface area contributed by atoms with Crippen molar-refractivity contribution in [3.8, 4) is 0 Å². The Morgan fingerprint density at radius 3 is 2.62 bits per heavy atom. The lowest BCUT2D eigenvalue weighted by Gasteiger charge is -2.43. The Bertz CT molecular complexity index is 434. The van der Waals surface area contributed by atoms with Gasteiger partial charge in [0.05, 0.1) is 6.61 Å². The molecule has 1 aromatic rings. The molecule has 1 aliphatic heterocycles. The van der Waals surface area contributed by atoms with Crippen LogP contribution in [0.5, 0.6) is 0 Å². The van der Waals surface area contributed by atoms with Gasteiger partial charge in [0.15, 0.2) is 0 Å². The molecular weight excluding hydrogens is 264 g/mol. The number of piperidine rings is 1. The number of hydrogen-bond donors (Lipinski definition) is 1. The molecule has 0 unspecified atom stereocenters. The molecule has 0 bridgehead atoms. The fourth-order valence-electron chi connectivity index (χ4n) is 3.29. The molecule has 1 aromatic heterocycles. The van der Waals surface area contributed by atoms with E-state index in [0.717, 1.165) is 51.3 Å². The van der Waals surface area contributed by atoms with Crippen molar-refractivity contribution in [2.45, 2.75) is 32.6 Å². The van der Waals surface area contributed by atoms with Gasteiger partial charge in [-0.05, 0) is 38.9 Å². The minimum absolute atomic E-state index is 0.0623. The lowest BCUT2D eigenvalue weighted by Crippen LogP contribution is -2.50. The molecular formula is C16H28N4O. The number of anilines is 1. The normalized spacial score (nSPS) is 22.8. The van der Waals surface area contributed by atoms with Gasteiger partial charge in [0.1, 0.15) is 0 Å².